The normalized spacial score (nSPS) is 16.7. The zero-order valence-corrected chi connectivity index (χ0v) is 11.9. The van der Waals surface area contributed by atoms with E-state index in [1.807, 2.05) is 12.1 Å². The van der Waals surface area contributed by atoms with Crippen LogP contribution in [0.1, 0.15) is 23.2 Å². The van der Waals surface area contributed by atoms with Crippen LogP contribution < -0.4 is 9.64 Å². The smallest absolute Gasteiger partial charge is 0.152 e. The second-order valence-electron chi connectivity index (χ2n) is 5.22. The van der Waals surface area contributed by atoms with E-state index in [9.17, 15) is 4.79 Å². The number of hydrogen-bond acceptors (Lipinski definition) is 4. The average molecular weight is 262 g/mol. The zero-order chi connectivity index (χ0) is 13.8. The predicted octanol–water partition coefficient (Wildman–Crippen LogP) is 2.04. The van der Waals surface area contributed by atoms with E-state index in [4.69, 9.17) is 4.74 Å². The lowest BCUT2D eigenvalue weighted by Gasteiger charge is -2.37. The van der Waals surface area contributed by atoms with Crippen molar-refractivity contribution in [3.8, 4) is 5.75 Å². The van der Waals surface area contributed by atoms with Crippen LogP contribution in [0.25, 0.3) is 0 Å². The Balaban J connectivity index is 2.13. The van der Waals surface area contributed by atoms with Gasteiger partial charge in [0.25, 0.3) is 0 Å². The fraction of sp³-hybridized carbons (Fsp3) is 0.533. The summed E-state index contributed by atoms with van der Waals surface area (Å²) in [6.45, 7) is 1.99. The number of carbonyl (C=O) groups is 1. The molecule has 1 saturated heterocycles. The third kappa shape index (κ3) is 3.07. The van der Waals surface area contributed by atoms with E-state index in [-0.39, 0.29) is 0 Å². The van der Waals surface area contributed by atoms with Crippen molar-refractivity contribution < 1.29 is 9.53 Å². The Kier molecular flexibility index (Phi) is 4.43. The van der Waals surface area contributed by atoms with E-state index in [1.165, 1.54) is 0 Å². The minimum absolute atomic E-state index is 0.647. The van der Waals surface area contributed by atoms with Crippen molar-refractivity contribution >= 4 is 12.0 Å². The summed E-state index contributed by atoms with van der Waals surface area (Å²) in [5.74, 6) is 0.731. The number of anilines is 1. The van der Waals surface area contributed by atoms with Gasteiger partial charge in [-0.1, -0.05) is 0 Å². The van der Waals surface area contributed by atoms with Crippen LogP contribution in [0.4, 0.5) is 5.69 Å². The molecule has 0 spiro atoms. The SMILES string of the molecule is COc1ccc(N2CCC(N(C)C)CC2)c(C=O)c1. The molecule has 0 atom stereocenters. The van der Waals surface area contributed by atoms with Crippen LogP contribution in [0.5, 0.6) is 5.75 Å². The Bertz CT molecular complexity index is 438. The summed E-state index contributed by atoms with van der Waals surface area (Å²) in [5, 5.41) is 0. The van der Waals surface area contributed by atoms with E-state index in [0.717, 1.165) is 43.7 Å². The maximum atomic E-state index is 11.2. The third-order valence-corrected chi connectivity index (χ3v) is 3.90. The van der Waals surface area contributed by atoms with Crippen molar-refractivity contribution in [2.24, 2.45) is 0 Å². The summed E-state index contributed by atoms with van der Waals surface area (Å²) in [6, 6.07) is 6.36. The van der Waals surface area contributed by atoms with Crippen LogP contribution >= 0.6 is 0 Å². The molecule has 0 bridgehead atoms. The molecule has 1 heterocycles. The first-order chi connectivity index (χ1) is 9.15. The quantitative estimate of drug-likeness (QED) is 0.777. The standard InChI is InChI=1S/C15H22N2O2/c1-16(2)13-6-8-17(9-7-13)15-5-4-14(19-3)10-12(15)11-18/h4-5,10-11,13H,6-9H2,1-3H3. The van der Waals surface area contributed by atoms with Gasteiger partial charge < -0.3 is 14.5 Å². The lowest BCUT2D eigenvalue weighted by molar-refractivity contribution is 0.112. The minimum Gasteiger partial charge on any atom is -0.497 e. The summed E-state index contributed by atoms with van der Waals surface area (Å²) in [7, 11) is 5.88. The van der Waals surface area contributed by atoms with Crippen LogP contribution in [0.15, 0.2) is 18.2 Å². The van der Waals surface area contributed by atoms with Gasteiger partial charge in [0.2, 0.25) is 0 Å². The van der Waals surface area contributed by atoms with Gasteiger partial charge >= 0.3 is 0 Å². The number of methoxy groups -OCH3 is 1. The fourth-order valence-corrected chi connectivity index (χ4v) is 2.67. The molecule has 0 radical (unpaired) electrons. The lowest BCUT2D eigenvalue weighted by Crippen LogP contribution is -2.42. The molecule has 0 amide bonds. The van der Waals surface area contributed by atoms with E-state index >= 15 is 0 Å². The number of ether oxygens (including phenoxy) is 1. The lowest BCUT2D eigenvalue weighted by atomic mass is 10.0. The van der Waals surface area contributed by atoms with Gasteiger partial charge in [-0.05, 0) is 45.1 Å². The summed E-state index contributed by atoms with van der Waals surface area (Å²) in [6.07, 6.45) is 3.19. The van der Waals surface area contributed by atoms with Crippen molar-refractivity contribution in [2.45, 2.75) is 18.9 Å². The molecule has 0 aliphatic carbocycles. The maximum Gasteiger partial charge on any atom is 0.152 e. The topological polar surface area (TPSA) is 32.8 Å². The molecule has 0 aromatic heterocycles. The number of aldehydes is 1. The molecule has 2 rings (SSSR count). The molecular formula is C15H22N2O2. The van der Waals surface area contributed by atoms with Gasteiger partial charge in [-0.2, -0.15) is 0 Å². The Hall–Kier alpha value is -1.55. The molecule has 4 heteroatoms. The number of carbonyl (C=O) groups excluding carboxylic acids is 1. The van der Waals surface area contributed by atoms with Crippen molar-refractivity contribution in [1.29, 1.82) is 0 Å². The molecule has 1 aromatic rings. The molecular weight excluding hydrogens is 240 g/mol. The van der Waals surface area contributed by atoms with Gasteiger partial charge in [0.05, 0.1) is 7.11 Å². The van der Waals surface area contributed by atoms with Gasteiger partial charge in [-0.15, -0.1) is 0 Å². The van der Waals surface area contributed by atoms with Crippen molar-refractivity contribution in [2.75, 3.05) is 39.2 Å². The largest absolute Gasteiger partial charge is 0.497 e. The highest BCUT2D eigenvalue weighted by Gasteiger charge is 2.22. The molecule has 1 fully saturated rings. The monoisotopic (exact) mass is 262 g/mol. The van der Waals surface area contributed by atoms with Gasteiger partial charge in [0, 0.05) is 30.4 Å². The zero-order valence-electron chi connectivity index (χ0n) is 11.9. The van der Waals surface area contributed by atoms with Gasteiger partial charge in [0.1, 0.15) is 5.75 Å². The number of hydrogen-bond donors (Lipinski definition) is 0. The van der Waals surface area contributed by atoms with Crippen LogP contribution in [0.3, 0.4) is 0 Å². The Morgan fingerprint density at radius 2 is 2.00 bits per heavy atom. The second kappa shape index (κ2) is 6.06. The Labute approximate surface area is 115 Å². The van der Waals surface area contributed by atoms with E-state index in [2.05, 4.69) is 23.9 Å². The highest BCUT2D eigenvalue weighted by Crippen LogP contribution is 2.27. The molecule has 0 saturated carbocycles. The summed E-state index contributed by atoms with van der Waals surface area (Å²) in [5.41, 5.74) is 1.73. The van der Waals surface area contributed by atoms with E-state index in [0.29, 0.717) is 11.6 Å². The minimum atomic E-state index is 0.647. The second-order valence-corrected chi connectivity index (χ2v) is 5.22. The Morgan fingerprint density at radius 3 is 2.53 bits per heavy atom. The average Bonchev–Trinajstić information content (AvgIpc) is 2.46. The number of rotatable bonds is 4. The summed E-state index contributed by atoms with van der Waals surface area (Å²) < 4.78 is 5.16. The maximum absolute atomic E-state index is 11.2. The summed E-state index contributed by atoms with van der Waals surface area (Å²) in [4.78, 5) is 15.8. The highest BCUT2D eigenvalue weighted by atomic mass is 16.5. The number of piperidine rings is 1. The van der Waals surface area contributed by atoms with Crippen molar-refractivity contribution in [3.05, 3.63) is 23.8 Å². The first kappa shape index (κ1) is 13.9. The van der Waals surface area contributed by atoms with Crippen molar-refractivity contribution in [3.63, 3.8) is 0 Å². The van der Waals surface area contributed by atoms with Crippen LogP contribution in [-0.2, 0) is 0 Å². The van der Waals surface area contributed by atoms with E-state index < -0.39 is 0 Å². The first-order valence-corrected chi connectivity index (χ1v) is 6.70. The van der Waals surface area contributed by atoms with Gasteiger partial charge in [0.15, 0.2) is 6.29 Å². The number of nitrogens with zero attached hydrogens (tertiary/aromatic N) is 2. The van der Waals surface area contributed by atoms with Crippen LogP contribution in [-0.4, -0.2) is 51.5 Å². The molecule has 4 nitrogen and oxygen atoms in total. The van der Waals surface area contributed by atoms with Crippen LogP contribution in [0, 0.1) is 0 Å². The van der Waals surface area contributed by atoms with Crippen LogP contribution in [0.2, 0.25) is 0 Å². The predicted molar refractivity (Wildman–Crippen MR) is 77.3 cm³/mol. The molecule has 104 valence electrons. The third-order valence-electron chi connectivity index (χ3n) is 3.90. The van der Waals surface area contributed by atoms with E-state index in [1.54, 1.807) is 13.2 Å². The molecule has 1 aromatic carbocycles. The Morgan fingerprint density at radius 1 is 1.32 bits per heavy atom. The molecule has 1 aliphatic heterocycles. The first-order valence-electron chi connectivity index (χ1n) is 6.70. The molecule has 1 aliphatic rings. The van der Waals surface area contributed by atoms with Crippen molar-refractivity contribution in [1.82, 2.24) is 4.90 Å². The summed E-state index contributed by atoms with van der Waals surface area (Å²) >= 11 is 0. The van der Waals surface area contributed by atoms with Gasteiger partial charge in [-0.25, -0.2) is 0 Å². The fourth-order valence-electron chi connectivity index (χ4n) is 2.67. The molecule has 0 N–H and O–H groups in total. The van der Waals surface area contributed by atoms with Gasteiger partial charge in [-0.3, -0.25) is 4.79 Å². The highest BCUT2D eigenvalue weighted by molar-refractivity contribution is 5.85. The number of benzene rings is 1. The molecule has 0 unspecified atom stereocenters. The molecule has 19 heavy (non-hydrogen) atoms.